The first-order valence-electron chi connectivity index (χ1n) is 6.42. The fourth-order valence-corrected chi connectivity index (χ4v) is 2.20. The smallest absolute Gasteiger partial charge is 0.320 e. The van der Waals surface area contributed by atoms with E-state index in [0.717, 1.165) is 24.5 Å². The molecule has 0 aliphatic carbocycles. The van der Waals surface area contributed by atoms with E-state index < -0.39 is 0 Å². The van der Waals surface area contributed by atoms with Crippen molar-refractivity contribution in [3.63, 3.8) is 0 Å². The lowest BCUT2D eigenvalue weighted by Gasteiger charge is -2.14. The average Bonchev–Trinajstić information content (AvgIpc) is 3.10. The Labute approximate surface area is 125 Å². The number of urea groups is 1. The van der Waals surface area contributed by atoms with Gasteiger partial charge in [-0.1, -0.05) is 4.49 Å². The number of carbonyl (C=O) groups is 1. The quantitative estimate of drug-likeness (QED) is 0.740. The first-order chi connectivity index (χ1) is 10.2. The first kappa shape index (κ1) is 15.3. The summed E-state index contributed by atoms with van der Waals surface area (Å²) in [7, 11) is 1.66. The van der Waals surface area contributed by atoms with Crippen LogP contribution < -0.4 is 10.6 Å². The van der Waals surface area contributed by atoms with Gasteiger partial charge in [0, 0.05) is 31.8 Å². The molecule has 2 rings (SSSR count). The fourth-order valence-electron chi connectivity index (χ4n) is 1.78. The third-order valence-electron chi connectivity index (χ3n) is 2.73. The molecular weight excluding hydrogens is 294 g/mol. The molecule has 2 heterocycles. The summed E-state index contributed by atoms with van der Waals surface area (Å²) < 4.78 is 10.6. The molecule has 0 aromatic carbocycles. The van der Waals surface area contributed by atoms with Crippen LogP contribution in [0.4, 0.5) is 9.80 Å². The van der Waals surface area contributed by atoms with Crippen LogP contribution in [0.3, 0.4) is 0 Å². The summed E-state index contributed by atoms with van der Waals surface area (Å²) in [6.07, 6.45) is 3.99. The maximum absolute atomic E-state index is 11.8. The van der Waals surface area contributed by atoms with Crippen molar-refractivity contribution in [2.24, 2.45) is 0 Å². The Balaban J connectivity index is 1.89. The van der Waals surface area contributed by atoms with Gasteiger partial charge in [-0.2, -0.15) is 0 Å². The topological polar surface area (TPSA) is 107 Å². The number of nitrogens with one attached hydrogen (secondary N) is 2. The van der Waals surface area contributed by atoms with Gasteiger partial charge in [-0.25, -0.2) is 4.79 Å². The van der Waals surface area contributed by atoms with Crippen LogP contribution in [-0.4, -0.2) is 44.1 Å². The lowest BCUT2D eigenvalue weighted by atomic mass is 10.3. The Kier molecular flexibility index (Phi) is 5.58. The number of aryl methyl sites for hydroxylation is 1. The standard InChI is InChI=1S/C11H17N7O2S/c1-8(14-11(19)15-9-6-12-17-21-9)10-16-13-7-18(10)4-3-5-20-2/h6-8H,3-5H2,1-2H3,(H2,14,15,19)/t8-/m1/s1. The van der Waals surface area contributed by atoms with E-state index in [1.165, 1.54) is 6.20 Å². The fraction of sp³-hybridized carbons (Fsp3) is 0.545. The van der Waals surface area contributed by atoms with Gasteiger partial charge in [0.1, 0.15) is 11.3 Å². The van der Waals surface area contributed by atoms with Crippen molar-refractivity contribution >= 4 is 22.6 Å². The molecule has 2 amide bonds. The molecule has 10 heteroatoms. The van der Waals surface area contributed by atoms with Gasteiger partial charge in [0.2, 0.25) is 0 Å². The SMILES string of the molecule is COCCCn1cnnc1[C@@H](C)NC(=O)Nc1cnns1. The number of aromatic nitrogens is 5. The molecule has 2 aromatic heterocycles. The largest absolute Gasteiger partial charge is 0.385 e. The number of rotatable bonds is 7. The Bertz CT molecular complexity index is 557. The number of ether oxygens (including phenoxy) is 1. The molecule has 21 heavy (non-hydrogen) atoms. The second kappa shape index (κ2) is 7.64. The molecular formula is C11H17N7O2S. The van der Waals surface area contributed by atoms with Crippen LogP contribution in [0, 0.1) is 0 Å². The third-order valence-corrected chi connectivity index (χ3v) is 3.31. The Morgan fingerprint density at radius 2 is 2.38 bits per heavy atom. The van der Waals surface area contributed by atoms with Crippen LogP contribution in [0.15, 0.2) is 12.5 Å². The molecule has 2 N–H and O–H groups in total. The number of hydrogen-bond donors (Lipinski definition) is 2. The second-order valence-corrected chi connectivity index (χ2v) is 5.12. The first-order valence-corrected chi connectivity index (χ1v) is 7.19. The van der Waals surface area contributed by atoms with Gasteiger partial charge < -0.3 is 14.6 Å². The van der Waals surface area contributed by atoms with Crippen LogP contribution in [0.5, 0.6) is 0 Å². The summed E-state index contributed by atoms with van der Waals surface area (Å²) >= 11 is 1.11. The predicted octanol–water partition coefficient (Wildman–Crippen LogP) is 1.05. The summed E-state index contributed by atoms with van der Waals surface area (Å²) in [4.78, 5) is 11.8. The minimum Gasteiger partial charge on any atom is -0.385 e. The van der Waals surface area contributed by atoms with E-state index in [1.807, 2.05) is 11.5 Å². The summed E-state index contributed by atoms with van der Waals surface area (Å²) in [5, 5.41) is 17.6. The lowest BCUT2D eigenvalue weighted by molar-refractivity contribution is 0.189. The third kappa shape index (κ3) is 4.46. The zero-order valence-corrected chi connectivity index (χ0v) is 12.6. The molecule has 0 fully saturated rings. The zero-order chi connectivity index (χ0) is 15.1. The number of amides is 2. The van der Waals surface area contributed by atoms with Crippen molar-refractivity contribution in [2.75, 3.05) is 19.0 Å². The summed E-state index contributed by atoms with van der Waals surface area (Å²) in [6, 6.07) is -0.601. The molecule has 0 aliphatic heterocycles. The average molecular weight is 311 g/mol. The molecule has 0 spiro atoms. The number of hydrogen-bond acceptors (Lipinski definition) is 7. The Morgan fingerprint density at radius 1 is 1.52 bits per heavy atom. The van der Waals surface area contributed by atoms with Gasteiger partial charge >= 0.3 is 6.03 Å². The van der Waals surface area contributed by atoms with Crippen molar-refractivity contribution < 1.29 is 9.53 Å². The van der Waals surface area contributed by atoms with Gasteiger partial charge in [-0.3, -0.25) is 5.32 Å². The second-order valence-electron chi connectivity index (χ2n) is 4.33. The highest BCUT2D eigenvalue weighted by Gasteiger charge is 2.16. The normalized spacial score (nSPS) is 12.1. The number of methoxy groups -OCH3 is 1. The zero-order valence-electron chi connectivity index (χ0n) is 11.8. The molecule has 1 atom stereocenters. The molecule has 0 aliphatic rings. The van der Waals surface area contributed by atoms with Crippen LogP contribution in [-0.2, 0) is 11.3 Å². The van der Waals surface area contributed by atoms with E-state index in [0.29, 0.717) is 17.4 Å². The number of anilines is 1. The summed E-state index contributed by atoms with van der Waals surface area (Å²) in [5.41, 5.74) is 0. The monoisotopic (exact) mass is 311 g/mol. The van der Waals surface area contributed by atoms with E-state index in [2.05, 4.69) is 30.4 Å². The van der Waals surface area contributed by atoms with E-state index in [1.54, 1.807) is 13.4 Å². The molecule has 0 unspecified atom stereocenters. The number of nitrogens with zero attached hydrogens (tertiary/aromatic N) is 5. The molecule has 0 saturated carbocycles. The van der Waals surface area contributed by atoms with Crippen molar-refractivity contribution in [2.45, 2.75) is 25.9 Å². The predicted molar refractivity (Wildman–Crippen MR) is 77.0 cm³/mol. The molecule has 114 valence electrons. The van der Waals surface area contributed by atoms with Crippen LogP contribution in [0.2, 0.25) is 0 Å². The van der Waals surface area contributed by atoms with E-state index >= 15 is 0 Å². The van der Waals surface area contributed by atoms with Crippen LogP contribution >= 0.6 is 11.5 Å². The van der Waals surface area contributed by atoms with E-state index in [4.69, 9.17) is 4.74 Å². The Morgan fingerprint density at radius 3 is 3.10 bits per heavy atom. The summed E-state index contributed by atoms with van der Waals surface area (Å²) in [6.45, 7) is 3.25. The molecule has 0 bridgehead atoms. The minimum atomic E-state index is -0.333. The van der Waals surface area contributed by atoms with Crippen molar-refractivity contribution in [1.82, 2.24) is 29.7 Å². The highest BCUT2D eigenvalue weighted by atomic mass is 32.1. The van der Waals surface area contributed by atoms with Crippen LogP contribution in [0.1, 0.15) is 25.2 Å². The maximum atomic E-state index is 11.8. The molecule has 0 radical (unpaired) electrons. The minimum absolute atomic E-state index is 0.268. The van der Waals surface area contributed by atoms with Crippen LogP contribution in [0.25, 0.3) is 0 Å². The molecule has 0 saturated heterocycles. The van der Waals surface area contributed by atoms with E-state index in [9.17, 15) is 4.79 Å². The highest BCUT2D eigenvalue weighted by molar-refractivity contribution is 7.10. The highest BCUT2D eigenvalue weighted by Crippen LogP contribution is 2.12. The van der Waals surface area contributed by atoms with Gasteiger partial charge in [0.25, 0.3) is 0 Å². The van der Waals surface area contributed by atoms with Gasteiger partial charge in [-0.15, -0.1) is 15.3 Å². The van der Waals surface area contributed by atoms with Gasteiger partial charge in [0.15, 0.2) is 5.82 Å². The molecule has 9 nitrogen and oxygen atoms in total. The van der Waals surface area contributed by atoms with Gasteiger partial charge in [-0.05, 0) is 13.3 Å². The van der Waals surface area contributed by atoms with Crippen molar-refractivity contribution in [3.05, 3.63) is 18.3 Å². The Hall–Kier alpha value is -2.07. The summed E-state index contributed by atoms with van der Waals surface area (Å²) in [5.74, 6) is 0.698. The van der Waals surface area contributed by atoms with Gasteiger partial charge in [0.05, 0.1) is 12.2 Å². The van der Waals surface area contributed by atoms with Crippen molar-refractivity contribution in [3.8, 4) is 0 Å². The van der Waals surface area contributed by atoms with Crippen molar-refractivity contribution in [1.29, 1.82) is 0 Å². The van der Waals surface area contributed by atoms with E-state index in [-0.39, 0.29) is 12.1 Å². The molecule has 2 aromatic rings. The maximum Gasteiger partial charge on any atom is 0.320 e. The number of carbonyl (C=O) groups excluding carboxylic acids is 1. The lowest BCUT2D eigenvalue weighted by Crippen LogP contribution is -2.32.